The van der Waals surface area contributed by atoms with Crippen molar-refractivity contribution in [2.45, 2.75) is 26.8 Å². The highest BCUT2D eigenvalue weighted by Gasteiger charge is 2.22. The molecule has 5 rings (SSSR count). The van der Waals surface area contributed by atoms with Crippen LogP contribution in [0.5, 0.6) is 0 Å². The molecule has 0 fully saturated rings. The molecule has 0 unspecified atom stereocenters. The number of hydrogen-bond donors (Lipinski definition) is 2. The highest BCUT2D eigenvalue weighted by molar-refractivity contribution is 7.89. The molecule has 13 heteroatoms. The van der Waals surface area contributed by atoms with E-state index in [1.54, 1.807) is 19.2 Å². The quantitative estimate of drug-likeness (QED) is 0.281. The summed E-state index contributed by atoms with van der Waals surface area (Å²) >= 11 is 6.02. The Labute approximate surface area is 241 Å². The molecule has 212 valence electrons. The second kappa shape index (κ2) is 10.3. The van der Waals surface area contributed by atoms with E-state index in [0.29, 0.717) is 22.3 Å². The van der Waals surface area contributed by atoms with Crippen molar-refractivity contribution in [3.8, 4) is 11.4 Å². The first-order valence-corrected chi connectivity index (χ1v) is 14.9. The summed E-state index contributed by atoms with van der Waals surface area (Å²) in [6.45, 7) is 5.72. The number of hydrogen-bond acceptors (Lipinski definition) is 8. The smallest absolute Gasteiger partial charge is 0.285 e. The molecule has 1 atom stereocenters. The Morgan fingerprint density at radius 3 is 2.46 bits per heavy atom. The number of rotatable bonds is 6. The lowest BCUT2D eigenvalue weighted by molar-refractivity contribution is 0.0977. The van der Waals surface area contributed by atoms with Crippen molar-refractivity contribution in [3.63, 3.8) is 0 Å². The van der Waals surface area contributed by atoms with Crippen molar-refractivity contribution in [3.05, 3.63) is 80.5 Å². The number of nitrogens with zero attached hydrogens (tertiary/aromatic N) is 5. The van der Waals surface area contributed by atoms with Gasteiger partial charge in [-0.2, -0.15) is 5.10 Å². The van der Waals surface area contributed by atoms with Gasteiger partial charge in [0, 0.05) is 36.3 Å². The lowest BCUT2D eigenvalue weighted by atomic mass is 10.0. The lowest BCUT2D eigenvalue weighted by Gasteiger charge is -2.20. The first-order chi connectivity index (χ1) is 19.2. The number of benzene rings is 2. The third kappa shape index (κ3) is 5.40. The number of halogens is 1. The van der Waals surface area contributed by atoms with Gasteiger partial charge < -0.3 is 5.32 Å². The number of carbonyl (C=O) groups excluding carboxylic acids is 1. The summed E-state index contributed by atoms with van der Waals surface area (Å²) in [7, 11) is -0.256. The number of aromatic nitrogens is 5. The topological polar surface area (TPSA) is 141 Å². The van der Waals surface area contributed by atoms with Crippen molar-refractivity contribution in [2.75, 3.05) is 11.6 Å². The van der Waals surface area contributed by atoms with Gasteiger partial charge >= 0.3 is 0 Å². The number of pyridine rings is 1. The Morgan fingerprint density at radius 2 is 1.76 bits per heavy atom. The molecule has 2 aromatic carbocycles. The lowest BCUT2D eigenvalue weighted by Crippen LogP contribution is -2.31. The number of fused-ring (bicyclic) bond motifs is 2. The van der Waals surface area contributed by atoms with Gasteiger partial charge in [-0.25, -0.2) is 23.1 Å². The van der Waals surface area contributed by atoms with Gasteiger partial charge in [-0.3, -0.25) is 18.8 Å². The summed E-state index contributed by atoms with van der Waals surface area (Å²) in [5.41, 5.74) is 4.55. The van der Waals surface area contributed by atoms with Crippen LogP contribution < -0.4 is 15.6 Å². The average molecular weight is 594 g/mol. The minimum absolute atomic E-state index is 0.0264. The largest absolute Gasteiger partial charge is 0.377 e. The first-order valence-electron chi connectivity index (χ1n) is 12.6. The Morgan fingerprint density at radius 1 is 1.02 bits per heavy atom. The minimum atomic E-state index is -3.83. The van der Waals surface area contributed by atoms with E-state index in [1.807, 2.05) is 61.5 Å². The number of carbonyl (C=O) groups is 1. The molecular weight excluding hydrogens is 566 g/mol. The SMILES string of the molecule is Cc1cc([C@@H](C)Nc2ccc(Cl)nc2C(=O)NS(C)(=O)=O)c2nc(-c3ccc4nn(C)c(C)c4c3)n(C)c(=O)c2c1. The minimum Gasteiger partial charge on any atom is -0.377 e. The third-order valence-corrected chi connectivity index (χ3v) is 7.70. The van der Waals surface area contributed by atoms with Crippen LogP contribution in [0.2, 0.25) is 5.15 Å². The van der Waals surface area contributed by atoms with Crippen molar-refractivity contribution in [1.82, 2.24) is 29.0 Å². The molecule has 0 aliphatic carbocycles. The molecule has 0 saturated heterocycles. The molecule has 0 saturated carbocycles. The molecule has 0 bridgehead atoms. The fraction of sp³-hybridized carbons (Fsp3) is 0.250. The zero-order valence-corrected chi connectivity index (χ0v) is 24.8. The fourth-order valence-corrected chi connectivity index (χ4v) is 5.44. The van der Waals surface area contributed by atoms with E-state index in [4.69, 9.17) is 16.6 Å². The van der Waals surface area contributed by atoms with Crippen LogP contribution in [-0.4, -0.2) is 44.9 Å². The van der Waals surface area contributed by atoms with Crippen LogP contribution in [0, 0.1) is 13.8 Å². The third-order valence-electron chi connectivity index (χ3n) is 6.93. The highest BCUT2D eigenvalue weighted by atomic mass is 35.5. The summed E-state index contributed by atoms with van der Waals surface area (Å²) in [5.74, 6) is -0.430. The molecule has 5 aromatic rings. The molecular formula is C28H28ClN7O4S. The molecule has 0 aliphatic rings. The molecule has 0 aliphatic heterocycles. The summed E-state index contributed by atoms with van der Waals surface area (Å²) < 4.78 is 28.6. The molecule has 1 amide bonds. The Hall–Kier alpha value is -4.29. The van der Waals surface area contributed by atoms with Crippen LogP contribution in [0.3, 0.4) is 0 Å². The summed E-state index contributed by atoms with van der Waals surface area (Å²) in [5, 5.41) is 9.18. The molecule has 3 aromatic heterocycles. The molecule has 0 spiro atoms. The Bertz CT molecular complexity index is 2050. The molecule has 11 nitrogen and oxygen atoms in total. The Balaban J connectivity index is 1.64. The molecule has 3 heterocycles. The van der Waals surface area contributed by atoms with E-state index >= 15 is 0 Å². The molecule has 41 heavy (non-hydrogen) atoms. The number of amides is 1. The van der Waals surface area contributed by atoms with Crippen LogP contribution in [0.25, 0.3) is 33.2 Å². The predicted molar refractivity (Wildman–Crippen MR) is 160 cm³/mol. The van der Waals surface area contributed by atoms with E-state index in [9.17, 15) is 18.0 Å². The summed E-state index contributed by atoms with van der Waals surface area (Å²) in [6.07, 6.45) is 0.876. The zero-order valence-electron chi connectivity index (χ0n) is 23.3. The van der Waals surface area contributed by atoms with E-state index in [0.717, 1.165) is 34.0 Å². The highest BCUT2D eigenvalue weighted by Crippen LogP contribution is 2.30. The van der Waals surface area contributed by atoms with Crippen LogP contribution in [0.1, 0.15) is 40.3 Å². The number of aryl methyl sites for hydroxylation is 3. The van der Waals surface area contributed by atoms with E-state index in [2.05, 4.69) is 15.4 Å². The average Bonchev–Trinajstić information content (AvgIpc) is 3.18. The van der Waals surface area contributed by atoms with Crippen molar-refractivity contribution in [1.29, 1.82) is 0 Å². The number of anilines is 1. The first kappa shape index (κ1) is 28.2. The van der Waals surface area contributed by atoms with Crippen molar-refractivity contribution < 1.29 is 13.2 Å². The monoisotopic (exact) mass is 593 g/mol. The van der Waals surface area contributed by atoms with Gasteiger partial charge in [-0.15, -0.1) is 0 Å². The summed E-state index contributed by atoms with van der Waals surface area (Å²) in [6, 6.07) is 12.1. The van der Waals surface area contributed by atoms with Crippen LogP contribution >= 0.6 is 11.6 Å². The maximum absolute atomic E-state index is 13.6. The summed E-state index contributed by atoms with van der Waals surface area (Å²) in [4.78, 5) is 35.3. The van der Waals surface area contributed by atoms with E-state index < -0.39 is 22.0 Å². The van der Waals surface area contributed by atoms with Gasteiger partial charge in [0.05, 0.1) is 34.4 Å². The van der Waals surface area contributed by atoms with E-state index in [-0.39, 0.29) is 22.1 Å². The maximum atomic E-state index is 13.6. The van der Waals surface area contributed by atoms with E-state index in [1.165, 1.54) is 10.6 Å². The van der Waals surface area contributed by atoms with Crippen LogP contribution in [0.4, 0.5) is 5.69 Å². The molecule has 0 radical (unpaired) electrons. The fourth-order valence-electron chi connectivity index (χ4n) is 4.86. The number of sulfonamides is 1. The van der Waals surface area contributed by atoms with Gasteiger partial charge in [-0.05, 0) is 62.7 Å². The maximum Gasteiger partial charge on any atom is 0.285 e. The van der Waals surface area contributed by atoms with Crippen molar-refractivity contribution >= 4 is 55.0 Å². The van der Waals surface area contributed by atoms with Gasteiger partial charge in [0.2, 0.25) is 10.0 Å². The van der Waals surface area contributed by atoms with Gasteiger partial charge in [0.15, 0.2) is 5.69 Å². The zero-order chi connectivity index (χ0) is 29.8. The van der Waals surface area contributed by atoms with Gasteiger partial charge in [-0.1, -0.05) is 17.7 Å². The van der Waals surface area contributed by atoms with Crippen LogP contribution in [0.15, 0.2) is 47.3 Å². The Kier molecular flexibility index (Phi) is 7.08. The normalized spacial score (nSPS) is 12.6. The van der Waals surface area contributed by atoms with Gasteiger partial charge in [0.25, 0.3) is 11.5 Å². The van der Waals surface area contributed by atoms with Gasteiger partial charge in [0.1, 0.15) is 11.0 Å². The second-order valence-corrected chi connectivity index (χ2v) is 12.2. The molecule has 2 N–H and O–H groups in total. The van der Waals surface area contributed by atoms with Crippen LogP contribution in [-0.2, 0) is 24.1 Å². The van der Waals surface area contributed by atoms with Crippen molar-refractivity contribution in [2.24, 2.45) is 14.1 Å². The number of nitrogens with one attached hydrogen (secondary N) is 2. The standard InChI is InChI=1S/C28H28ClN7O4S/c1-14-11-18(15(2)30-22-9-10-23(29)31-25(22)27(37)34-41(6,39)40)24-20(12-14)28(38)35(4)26(32-24)17-7-8-21-19(13-17)16(3)36(5)33-21/h7-13,15,30H,1-6H3,(H,34,37)/t15-/m1/s1. The predicted octanol–water partition coefficient (Wildman–Crippen LogP) is 4.01. The second-order valence-electron chi connectivity index (χ2n) is 10.1.